The van der Waals surface area contributed by atoms with E-state index in [2.05, 4.69) is 5.32 Å². The zero-order valence-corrected chi connectivity index (χ0v) is 17.8. The number of nitrogens with zero attached hydrogens (tertiary/aromatic N) is 1. The van der Waals surface area contributed by atoms with Crippen LogP contribution in [0.2, 0.25) is 0 Å². The lowest BCUT2D eigenvalue weighted by molar-refractivity contribution is -0.175. The molecule has 30 heavy (non-hydrogen) atoms. The molecule has 2 heterocycles. The topological polar surface area (TPSA) is 67.9 Å². The Morgan fingerprint density at radius 3 is 2.63 bits per heavy atom. The summed E-state index contributed by atoms with van der Waals surface area (Å²) in [6, 6.07) is 15.1. The van der Waals surface area contributed by atoms with Crippen LogP contribution in [0, 0.1) is 5.92 Å². The van der Waals surface area contributed by atoms with Gasteiger partial charge in [-0.1, -0.05) is 30.3 Å². The van der Waals surface area contributed by atoms with Crippen LogP contribution < -0.4 is 14.8 Å². The van der Waals surface area contributed by atoms with E-state index < -0.39 is 11.6 Å². The quantitative estimate of drug-likeness (QED) is 0.767. The van der Waals surface area contributed by atoms with Crippen molar-refractivity contribution in [2.75, 3.05) is 13.7 Å². The molecule has 0 aromatic heterocycles. The van der Waals surface area contributed by atoms with Gasteiger partial charge in [-0.05, 0) is 50.1 Å². The van der Waals surface area contributed by atoms with Gasteiger partial charge in [0.05, 0.1) is 13.2 Å². The van der Waals surface area contributed by atoms with Crippen LogP contribution in [0.3, 0.4) is 0 Å². The van der Waals surface area contributed by atoms with Gasteiger partial charge in [0.15, 0.2) is 5.72 Å². The average Bonchev–Trinajstić information content (AvgIpc) is 2.73. The molecule has 2 amide bonds. The van der Waals surface area contributed by atoms with E-state index in [-0.39, 0.29) is 23.8 Å². The predicted octanol–water partition coefficient (Wildman–Crippen LogP) is 3.63. The van der Waals surface area contributed by atoms with Gasteiger partial charge in [0.25, 0.3) is 0 Å². The summed E-state index contributed by atoms with van der Waals surface area (Å²) in [5.74, 6) is 0.109. The van der Waals surface area contributed by atoms with Gasteiger partial charge in [0, 0.05) is 18.9 Å². The highest BCUT2D eigenvalue weighted by Gasteiger charge is 2.55. The van der Waals surface area contributed by atoms with Gasteiger partial charge in [-0.25, -0.2) is 0 Å². The van der Waals surface area contributed by atoms with E-state index in [4.69, 9.17) is 9.47 Å². The van der Waals surface area contributed by atoms with Crippen molar-refractivity contribution in [3.8, 4) is 11.5 Å². The van der Waals surface area contributed by atoms with Gasteiger partial charge >= 0.3 is 0 Å². The lowest BCUT2D eigenvalue weighted by atomic mass is 9.73. The standard InChI is InChI=1S/C24H28N2O4/c1-5-26-23(28)21(19-14-24(26,3)30-20-9-7-6-8-18(19)20)22(27)25-15(2)16-10-12-17(29-4)13-11-16/h6-13,15,19,21H,5,14H2,1-4H3,(H,25,27). The second-order valence-corrected chi connectivity index (χ2v) is 8.19. The van der Waals surface area contributed by atoms with Gasteiger partial charge in [0.2, 0.25) is 11.8 Å². The van der Waals surface area contributed by atoms with Gasteiger partial charge in [0.1, 0.15) is 17.4 Å². The first-order valence-corrected chi connectivity index (χ1v) is 10.4. The van der Waals surface area contributed by atoms with Crippen molar-refractivity contribution in [1.29, 1.82) is 0 Å². The summed E-state index contributed by atoms with van der Waals surface area (Å²) in [5.41, 5.74) is 1.15. The second-order valence-electron chi connectivity index (χ2n) is 8.19. The van der Waals surface area contributed by atoms with Crippen molar-refractivity contribution in [3.63, 3.8) is 0 Å². The zero-order chi connectivity index (χ0) is 21.5. The summed E-state index contributed by atoms with van der Waals surface area (Å²) in [7, 11) is 1.62. The lowest BCUT2D eigenvalue weighted by Crippen LogP contribution is -2.64. The summed E-state index contributed by atoms with van der Waals surface area (Å²) >= 11 is 0. The molecule has 1 fully saturated rings. The molecule has 4 unspecified atom stereocenters. The van der Waals surface area contributed by atoms with Crippen molar-refractivity contribution in [2.24, 2.45) is 5.92 Å². The van der Waals surface area contributed by atoms with E-state index in [9.17, 15) is 9.59 Å². The van der Waals surface area contributed by atoms with E-state index >= 15 is 0 Å². The Morgan fingerprint density at radius 2 is 1.97 bits per heavy atom. The van der Waals surface area contributed by atoms with Crippen LogP contribution in [0.25, 0.3) is 0 Å². The van der Waals surface area contributed by atoms with Crippen molar-refractivity contribution in [1.82, 2.24) is 10.2 Å². The fraction of sp³-hybridized carbons (Fsp3) is 0.417. The molecule has 6 nitrogen and oxygen atoms in total. The molecule has 0 saturated carbocycles. The number of likely N-dealkylation sites (tertiary alicyclic amines) is 1. The Labute approximate surface area is 177 Å². The van der Waals surface area contributed by atoms with Gasteiger partial charge in [-0.15, -0.1) is 0 Å². The average molecular weight is 408 g/mol. The molecule has 4 atom stereocenters. The van der Waals surface area contributed by atoms with Crippen molar-refractivity contribution < 1.29 is 19.1 Å². The zero-order valence-electron chi connectivity index (χ0n) is 17.8. The van der Waals surface area contributed by atoms with Crippen LogP contribution in [-0.4, -0.2) is 36.1 Å². The molecule has 0 aliphatic carbocycles. The predicted molar refractivity (Wildman–Crippen MR) is 113 cm³/mol. The van der Waals surface area contributed by atoms with E-state index in [1.807, 2.05) is 69.3 Å². The van der Waals surface area contributed by atoms with Gasteiger partial charge in [-0.2, -0.15) is 0 Å². The second kappa shape index (κ2) is 7.67. The molecular weight excluding hydrogens is 380 g/mol. The number of benzene rings is 2. The third-order valence-electron chi connectivity index (χ3n) is 6.33. The van der Waals surface area contributed by atoms with Gasteiger partial charge in [-0.3, -0.25) is 9.59 Å². The minimum atomic E-state index is -0.774. The molecule has 2 aromatic rings. The number of methoxy groups -OCH3 is 1. The number of nitrogens with one attached hydrogen (secondary N) is 1. The largest absolute Gasteiger partial charge is 0.497 e. The molecule has 0 radical (unpaired) electrons. The fourth-order valence-electron chi connectivity index (χ4n) is 4.78. The number of hydrogen-bond donors (Lipinski definition) is 1. The van der Waals surface area contributed by atoms with Crippen LogP contribution in [0.15, 0.2) is 48.5 Å². The smallest absolute Gasteiger partial charge is 0.238 e. The Hall–Kier alpha value is -3.02. The number of piperidine rings is 1. The molecule has 2 aromatic carbocycles. The fourth-order valence-corrected chi connectivity index (χ4v) is 4.78. The van der Waals surface area contributed by atoms with Crippen LogP contribution >= 0.6 is 0 Å². The summed E-state index contributed by atoms with van der Waals surface area (Å²) in [6.45, 7) is 6.27. The van der Waals surface area contributed by atoms with E-state index in [1.54, 1.807) is 12.0 Å². The van der Waals surface area contributed by atoms with Crippen molar-refractivity contribution in [3.05, 3.63) is 59.7 Å². The molecule has 6 heteroatoms. The van der Waals surface area contributed by atoms with Crippen LogP contribution in [-0.2, 0) is 9.59 Å². The molecular formula is C24H28N2O4. The summed E-state index contributed by atoms with van der Waals surface area (Å²) < 4.78 is 11.4. The summed E-state index contributed by atoms with van der Waals surface area (Å²) in [6.07, 6.45) is 0.596. The highest BCUT2D eigenvalue weighted by Crippen LogP contribution is 2.50. The number of carbonyl (C=O) groups excluding carboxylic acids is 2. The number of hydrogen-bond acceptors (Lipinski definition) is 4. The first kappa shape index (κ1) is 20.3. The number of amides is 2. The molecule has 2 bridgehead atoms. The molecule has 1 N–H and O–H groups in total. The lowest BCUT2D eigenvalue weighted by Gasteiger charge is -2.52. The molecule has 4 rings (SSSR count). The third kappa shape index (κ3) is 3.30. The normalized spacial score (nSPS) is 25.7. The number of rotatable bonds is 5. The first-order valence-electron chi connectivity index (χ1n) is 10.4. The van der Waals surface area contributed by atoms with E-state index in [0.29, 0.717) is 13.0 Å². The first-order chi connectivity index (χ1) is 14.4. The molecule has 158 valence electrons. The molecule has 2 aliphatic heterocycles. The van der Waals surface area contributed by atoms with Crippen LogP contribution in [0.1, 0.15) is 50.3 Å². The van der Waals surface area contributed by atoms with Crippen LogP contribution in [0.4, 0.5) is 0 Å². The third-order valence-corrected chi connectivity index (χ3v) is 6.33. The Bertz CT molecular complexity index is 958. The Kier molecular flexibility index (Phi) is 5.18. The number of fused-ring (bicyclic) bond motifs is 4. The maximum atomic E-state index is 13.4. The maximum absolute atomic E-state index is 13.4. The highest BCUT2D eigenvalue weighted by atomic mass is 16.5. The monoisotopic (exact) mass is 408 g/mol. The molecule has 0 spiro atoms. The summed E-state index contributed by atoms with van der Waals surface area (Å²) in [4.78, 5) is 28.5. The van der Waals surface area contributed by atoms with E-state index in [1.165, 1.54) is 0 Å². The number of carbonyl (C=O) groups is 2. The Balaban J connectivity index is 1.63. The summed E-state index contributed by atoms with van der Waals surface area (Å²) in [5, 5.41) is 3.06. The molecule has 1 saturated heterocycles. The van der Waals surface area contributed by atoms with E-state index in [0.717, 1.165) is 22.6 Å². The number of ether oxygens (including phenoxy) is 2. The van der Waals surface area contributed by atoms with Gasteiger partial charge < -0.3 is 19.7 Å². The Morgan fingerprint density at radius 1 is 1.27 bits per heavy atom. The molecule has 2 aliphatic rings. The minimum Gasteiger partial charge on any atom is -0.497 e. The highest BCUT2D eigenvalue weighted by molar-refractivity contribution is 6.02. The SMILES string of the molecule is CCN1C(=O)C(C(=O)NC(C)c2ccc(OC)cc2)C2CC1(C)Oc1ccccc12. The van der Waals surface area contributed by atoms with Crippen LogP contribution in [0.5, 0.6) is 11.5 Å². The maximum Gasteiger partial charge on any atom is 0.238 e. The number of para-hydroxylation sites is 1. The minimum absolute atomic E-state index is 0.176. The van der Waals surface area contributed by atoms with Crippen molar-refractivity contribution >= 4 is 11.8 Å². The van der Waals surface area contributed by atoms with Crippen molar-refractivity contribution in [2.45, 2.75) is 44.9 Å².